The van der Waals surface area contributed by atoms with Crippen LogP contribution in [0.25, 0.3) is 11.0 Å². The first kappa shape index (κ1) is 18.6. The summed E-state index contributed by atoms with van der Waals surface area (Å²) in [6, 6.07) is 10.4. The molecule has 1 saturated carbocycles. The van der Waals surface area contributed by atoms with Gasteiger partial charge in [0.05, 0.1) is 5.57 Å². The highest BCUT2D eigenvalue weighted by molar-refractivity contribution is 9.10. The highest BCUT2D eigenvalue weighted by atomic mass is 79.9. The van der Waals surface area contributed by atoms with Crippen molar-refractivity contribution in [2.24, 2.45) is 0 Å². The predicted molar refractivity (Wildman–Crippen MR) is 114 cm³/mol. The van der Waals surface area contributed by atoms with E-state index in [9.17, 15) is 14.7 Å². The predicted octanol–water partition coefficient (Wildman–Crippen LogP) is 5.78. The maximum absolute atomic E-state index is 13.4. The fourth-order valence-electron chi connectivity index (χ4n) is 4.40. The number of hydrogen-bond donors (Lipinski definition) is 1. The molecule has 5 nitrogen and oxygen atoms in total. The molecule has 0 spiro atoms. The normalized spacial score (nSPS) is 20.4. The fourth-order valence-corrected chi connectivity index (χ4v) is 5.61. The Hall–Kier alpha value is -2.38. The van der Waals surface area contributed by atoms with Gasteiger partial charge in [0.2, 0.25) is 5.78 Å². The van der Waals surface area contributed by atoms with Crippen LogP contribution < -0.4 is 0 Å². The van der Waals surface area contributed by atoms with Crippen LogP contribution in [0.5, 0.6) is 0 Å². The van der Waals surface area contributed by atoms with Gasteiger partial charge in [-0.3, -0.25) is 9.59 Å². The van der Waals surface area contributed by atoms with Crippen LogP contribution in [-0.2, 0) is 4.79 Å². The van der Waals surface area contributed by atoms with E-state index in [1.807, 2.05) is 29.6 Å². The zero-order valence-corrected chi connectivity index (χ0v) is 17.8. The number of carbonyl (C=O) groups is 2. The number of hydrogen-bond acceptors (Lipinski definition) is 5. The third kappa shape index (κ3) is 3.04. The van der Waals surface area contributed by atoms with Crippen LogP contribution >= 0.6 is 27.3 Å². The Morgan fingerprint density at radius 2 is 2.00 bits per heavy atom. The van der Waals surface area contributed by atoms with Gasteiger partial charge in [0, 0.05) is 20.8 Å². The van der Waals surface area contributed by atoms with Crippen molar-refractivity contribution in [1.82, 2.24) is 4.90 Å². The Morgan fingerprint density at radius 1 is 1.21 bits per heavy atom. The minimum Gasteiger partial charge on any atom is -0.503 e. The molecule has 1 aromatic carbocycles. The minimum absolute atomic E-state index is 0.0358. The van der Waals surface area contributed by atoms with E-state index in [4.69, 9.17) is 4.42 Å². The molecule has 1 aliphatic heterocycles. The standard InChI is InChI=1S/C22H18BrNO4S/c23-13-7-8-15-12(10-13)11-16(28-15)20(25)18-19(17-6-3-9-29-17)24(22(27)21(18)26)14-4-1-2-5-14/h3,6-11,14,19,26H,1-2,4-5H2. The quantitative estimate of drug-likeness (QED) is 0.489. The second kappa shape index (κ2) is 7.15. The van der Waals surface area contributed by atoms with E-state index in [1.54, 1.807) is 17.0 Å². The number of furan rings is 1. The number of aliphatic hydroxyl groups excluding tert-OH is 1. The van der Waals surface area contributed by atoms with Crippen molar-refractivity contribution in [3.63, 3.8) is 0 Å². The van der Waals surface area contributed by atoms with E-state index in [2.05, 4.69) is 15.9 Å². The number of amides is 1. The van der Waals surface area contributed by atoms with Crippen LogP contribution in [0.4, 0.5) is 0 Å². The molecule has 1 amide bonds. The molecule has 2 aliphatic rings. The number of thiophene rings is 1. The van der Waals surface area contributed by atoms with Crippen LogP contribution in [0.15, 0.2) is 62.0 Å². The van der Waals surface area contributed by atoms with Gasteiger partial charge in [-0.1, -0.05) is 34.8 Å². The molecule has 1 atom stereocenters. The Morgan fingerprint density at radius 3 is 2.72 bits per heavy atom. The van der Waals surface area contributed by atoms with Crippen LogP contribution in [0.3, 0.4) is 0 Å². The number of fused-ring (bicyclic) bond motifs is 1. The molecule has 0 saturated heterocycles. The smallest absolute Gasteiger partial charge is 0.290 e. The summed E-state index contributed by atoms with van der Waals surface area (Å²) in [5.41, 5.74) is 0.698. The Bertz CT molecular complexity index is 1140. The number of nitrogens with zero attached hydrogens (tertiary/aromatic N) is 1. The summed E-state index contributed by atoms with van der Waals surface area (Å²) < 4.78 is 6.65. The maximum atomic E-state index is 13.4. The average molecular weight is 472 g/mol. The van der Waals surface area contributed by atoms with Gasteiger partial charge in [-0.05, 0) is 48.6 Å². The lowest BCUT2D eigenvalue weighted by molar-refractivity contribution is -0.131. The first-order valence-electron chi connectivity index (χ1n) is 9.57. The van der Waals surface area contributed by atoms with E-state index in [-0.39, 0.29) is 17.4 Å². The van der Waals surface area contributed by atoms with Crippen LogP contribution in [0.2, 0.25) is 0 Å². The number of benzene rings is 1. The molecule has 0 bridgehead atoms. The number of rotatable bonds is 4. The lowest BCUT2D eigenvalue weighted by atomic mass is 9.99. The lowest BCUT2D eigenvalue weighted by Crippen LogP contribution is -2.38. The number of Topliss-reactive ketones (excluding diaryl/α,β-unsaturated/α-hetero) is 1. The van der Waals surface area contributed by atoms with Crippen molar-refractivity contribution in [3.8, 4) is 0 Å². The molecule has 0 radical (unpaired) electrons. The average Bonchev–Trinajstić information content (AvgIpc) is 3.48. The third-order valence-corrected chi connectivity index (χ3v) is 7.14. The molecule has 3 aromatic rings. The summed E-state index contributed by atoms with van der Waals surface area (Å²) in [6.07, 6.45) is 3.88. The molecule has 1 N–H and O–H groups in total. The van der Waals surface area contributed by atoms with Crippen LogP contribution in [0.1, 0.15) is 47.2 Å². The summed E-state index contributed by atoms with van der Waals surface area (Å²) in [5.74, 6) is -1.23. The highest BCUT2D eigenvalue weighted by Gasteiger charge is 2.48. The Labute approximate surface area is 179 Å². The van der Waals surface area contributed by atoms with Crippen molar-refractivity contribution < 1.29 is 19.1 Å². The van der Waals surface area contributed by atoms with Crippen LogP contribution in [-0.4, -0.2) is 27.7 Å². The number of carbonyl (C=O) groups excluding carboxylic acids is 2. The van der Waals surface area contributed by atoms with Crippen molar-refractivity contribution >= 4 is 49.9 Å². The molecule has 7 heteroatoms. The Balaban J connectivity index is 1.60. The van der Waals surface area contributed by atoms with Crippen molar-refractivity contribution in [3.05, 3.63) is 68.2 Å². The second-order valence-electron chi connectivity index (χ2n) is 7.45. The number of ketones is 1. The van der Waals surface area contributed by atoms with E-state index < -0.39 is 23.5 Å². The monoisotopic (exact) mass is 471 g/mol. The van der Waals surface area contributed by atoms with Crippen molar-refractivity contribution in [2.45, 2.75) is 37.8 Å². The summed E-state index contributed by atoms with van der Waals surface area (Å²) in [4.78, 5) is 29.0. The third-order valence-electron chi connectivity index (χ3n) is 5.72. The lowest BCUT2D eigenvalue weighted by Gasteiger charge is -2.31. The first-order chi connectivity index (χ1) is 14.0. The topological polar surface area (TPSA) is 70.8 Å². The number of halogens is 1. The molecule has 1 fully saturated rings. The molecule has 1 unspecified atom stereocenters. The van der Waals surface area contributed by atoms with E-state index in [0.717, 1.165) is 40.4 Å². The fraction of sp³-hybridized carbons (Fsp3) is 0.273. The second-order valence-corrected chi connectivity index (χ2v) is 9.35. The largest absolute Gasteiger partial charge is 0.503 e. The van der Waals surface area contributed by atoms with Gasteiger partial charge in [0.25, 0.3) is 5.91 Å². The Kier molecular flexibility index (Phi) is 4.59. The first-order valence-corrected chi connectivity index (χ1v) is 11.2. The zero-order valence-electron chi connectivity index (χ0n) is 15.4. The maximum Gasteiger partial charge on any atom is 0.290 e. The van der Waals surface area contributed by atoms with Crippen molar-refractivity contribution in [2.75, 3.05) is 0 Å². The highest BCUT2D eigenvalue weighted by Crippen LogP contribution is 2.44. The zero-order chi connectivity index (χ0) is 20.1. The molecule has 29 heavy (non-hydrogen) atoms. The molecular weight excluding hydrogens is 454 g/mol. The van der Waals surface area contributed by atoms with Crippen LogP contribution in [0, 0.1) is 0 Å². The SMILES string of the molecule is O=C(C1=C(O)C(=O)N(C2CCCC2)C1c1cccs1)c1cc2cc(Br)ccc2o1. The van der Waals surface area contributed by atoms with E-state index in [1.165, 1.54) is 11.3 Å². The van der Waals surface area contributed by atoms with Gasteiger partial charge in [-0.15, -0.1) is 11.3 Å². The summed E-state index contributed by atoms with van der Waals surface area (Å²) in [5, 5.41) is 13.4. The van der Waals surface area contributed by atoms with Crippen molar-refractivity contribution in [1.29, 1.82) is 0 Å². The molecule has 148 valence electrons. The van der Waals surface area contributed by atoms with Gasteiger partial charge < -0.3 is 14.4 Å². The molecule has 2 aromatic heterocycles. The summed E-state index contributed by atoms with van der Waals surface area (Å²) >= 11 is 4.90. The molecule has 1 aliphatic carbocycles. The molecule has 3 heterocycles. The molecular formula is C22H18BrNO4S. The van der Waals surface area contributed by atoms with Gasteiger partial charge in [0.1, 0.15) is 11.6 Å². The van der Waals surface area contributed by atoms with Gasteiger partial charge in [0.15, 0.2) is 11.5 Å². The minimum atomic E-state index is -0.571. The van der Waals surface area contributed by atoms with Gasteiger partial charge in [-0.25, -0.2) is 0 Å². The summed E-state index contributed by atoms with van der Waals surface area (Å²) in [7, 11) is 0. The van der Waals surface area contributed by atoms with Gasteiger partial charge in [-0.2, -0.15) is 0 Å². The number of aliphatic hydroxyl groups is 1. The van der Waals surface area contributed by atoms with E-state index in [0.29, 0.717) is 5.58 Å². The van der Waals surface area contributed by atoms with Gasteiger partial charge >= 0.3 is 0 Å². The molecule has 5 rings (SSSR count). The van der Waals surface area contributed by atoms with E-state index >= 15 is 0 Å². The summed E-state index contributed by atoms with van der Waals surface area (Å²) in [6.45, 7) is 0.